The van der Waals surface area contributed by atoms with E-state index in [-0.39, 0.29) is 18.1 Å². The van der Waals surface area contributed by atoms with Gasteiger partial charge in [-0.25, -0.2) is 0 Å². The van der Waals surface area contributed by atoms with Crippen LogP contribution in [0.3, 0.4) is 0 Å². The van der Waals surface area contributed by atoms with Gasteiger partial charge in [0, 0.05) is 26.7 Å². The third kappa shape index (κ3) is 1.91. The molecule has 2 aliphatic rings. The molecular formula is C10H18N2O2. The number of carbonyl (C=O) groups excluding carboxylic acids is 1. The Bertz CT molecular complexity index is 214. The first-order valence-corrected chi connectivity index (χ1v) is 5.36. The molecule has 0 aromatic rings. The van der Waals surface area contributed by atoms with E-state index in [9.17, 15) is 4.79 Å². The summed E-state index contributed by atoms with van der Waals surface area (Å²) in [4.78, 5) is 13.9. The first-order valence-electron chi connectivity index (χ1n) is 5.36. The number of likely N-dealkylation sites (tertiary alicyclic amines) is 1. The smallest absolute Gasteiger partial charge is 0.239 e. The molecule has 2 rings (SSSR count). The van der Waals surface area contributed by atoms with Crippen LogP contribution in [0.2, 0.25) is 0 Å². The van der Waals surface area contributed by atoms with Crippen LogP contribution in [0.5, 0.6) is 0 Å². The number of hydrogen-bond donors (Lipinski definition) is 1. The van der Waals surface area contributed by atoms with Crippen molar-refractivity contribution >= 4 is 5.91 Å². The van der Waals surface area contributed by atoms with Crippen molar-refractivity contribution in [2.75, 3.05) is 26.7 Å². The summed E-state index contributed by atoms with van der Waals surface area (Å²) in [6, 6.07) is -0.00181. The van der Waals surface area contributed by atoms with Crippen molar-refractivity contribution < 1.29 is 9.53 Å². The van der Waals surface area contributed by atoms with Crippen LogP contribution in [0, 0.1) is 0 Å². The van der Waals surface area contributed by atoms with Gasteiger partial charge in [0.15, 0.2) is 0 Å². The predicted octanol–water partition coefficient (Wildman–Crippen LogP) is -0.0143. The van der Waals surface area contributed by atoms with E-state index < -0.39 is 0 Å². The first kappa shape index (κ1) is 9.93. The molecule has 0 saturated carbocycles. The van der Waals surface area contributed by atoms with E-state index in [1.807, 2.05) is 4.90 Å². The van der Waals surface area contributed by atoms with Gasteiger partial charge in [0.05, 0.1) is 12.1 Å². The Kier molecular flexibility index (Phi) is 3.03. The van der Waals surface area contributed by atoms with Gasteiger partial charge in [0.2, 0.25) is 5.91 Å². The number of rotatable bonds is 2. The first-order chi connectivity index (χ1) is 6.81. The summed E-state index contributed by atoms with van der Waals surface area (Å²) in [7, 11) is 1.70. The molecule has 0 aromatic carbocycles. The number of amides is 1. The fourth-order valence-corrected chi connectivity index (χ4v) is 2.23. The van der Waals surface area contributed by atoms with Gasteiger partial charge in [-0.15, -0.1) is 0 Å². The van der Waals surface area contributed by atoms with Gasteiger partial charge < -0.3 is 15.0 Å². The predicted molar refractivity (Wildman–Crippen MR) is 53.0 cm³/mol. The van der Waals surface area contributed by atoms with Gasteiger partial charge in [-0.1, -0.05) is 0 Å². The lowest BCUT2D eigenvalue weighted by molar-refractivity contribution is -0.132. The van der Waals surface area contributed by atoms with E-state index in [0.29, 0.717) is 0 Å². The zero-order valence-electron chi connectivity index (χ0n) is 8.66. The third-order valence-electron chi connectivity index (χ3n) is 3.14. The summed E-state index contributed by atoms with van der Waals surface area (Å²) in [6.07, 6.45) is 3.36. The number of nitrogens with zero attached hydrogens (tertiary/aromatic N) is 1. The topological polar surface area (TPSA) is 41.6 Å². The molecule has 14 heavy (non-hydrogen) atoms. The van der Waals surface area contributed by atoms with E-state index >= 15 is 0 Å². The average molecular weight is 198 g/mol. The Balaban J connectivity index is 1.86. The van der Waals surface area contributed by atoms with E-state index in [1.165, 1.54) is 0 Å². The molecule has 2 atom stereocenters. The Labute approximate surface area is 84.6 Å². The number of carbonyl (C=O) groups is 1. The molecule has 2 saturated heterocycles. The molecule has 4 heteroatoms. The van der Waals surface area contributed by atoms with Crippen LogP contribution in [0.15, 0.2) is 0 Å². The second-order valence-corrected chi connectivity index (χ2v) is 4.09. The molecule has 0 bridgehead atoms. The van der Waals surface area contributed by atoms with E-state index in [0.717, 1.165) is 38.9 Å². The summed E-state index contributed by atoms with van der Waals surface area (Å²) >= 11 is 0. The monoisotopic (exact) mass is 198 g/mol. The highest BCUT2D eigenvalue weighted by Crippen LogP contribution is 2.15. The lowest BCUT2D eigenvalue weighted by Crippen LogP contribution is -2.42. The molecule has 1 N–H and O–H groups in total. The summed E-state index contributed by atoms with van der Waals surface area (Å²) < 4.78 is 5.22. The maximum absolute atomic E-state index is 11.9. The van der Waals surface area contributed by atoms with Gasteiger partial charge in [0.25, 0.3) is 0 Å². The van der Waals surface area contributed by atoms with Gasteiger partial charge in [0.1, 0.15) is 0 Å². The van der Waals surface area contributed by atoms with Crippen molar-refractivity contribution in [3.05, 3.63) is 0 Å². The Morgan fingerprint density at radius 3 is 2.71 bits per heavy atom. The summed E-state index contributed by atoms with van der Waals surface area (Å²) in [5, 5.41) is 3.22. The molecule has 80 valence electrons. The molecule has 2 aliphatic heterocycles. The van der Waals surface area contributed by atoms with Crippen molar-refractivity contribution in [3.63, 3.8) is 0 Å². The van der Waals surface area contributed by atoms with Gasteiger partial charge >= 0.3 is 0 Å². The van der Waals surface area contributed by atoms with Crippen LogP contribution in [0.1, 0.15) is 19.3 Å². The van der Waals surface area contributed by atoms with Crippen molar-refractivity contribution in [2.45, 2.75) is 31.4 Å². The molecule has 0 aliphatic carbocycles. The van der Waals surface area contributed by atoms with Crippen LogP contribution in [-0.4, -0.2) is 49.7 Å². The van der Waals surface area contributed by atoms with Gasteiger partial charge in [-0.2, -0.15) is 0 Å². The second kappa shape index (κ2) is 4.28. The summed E-state index contributed by atoms with van der Waals surface area (Å²) in [5.74, 6) is 0.266. The molecule has 2 heterocycles. The fourth-order valence-electron chi connectivity index (χ4n) is 2.23. The molecule has 0 radical (unpaired) electrons. The quantitative estimate of drug-likeness (QED) is 0.678. The number of methoxy groups -OCH3 is 1. The molecule has 0 spiro atoms. The minimum absolute atomic E-state index is 0.00181. The van der Waals surface area contributed by atoms with E-state index in [2.05, 4.69) is 5.32 Å². The van der Waals surface area contributed by atoms with Crippen LogP contribution in [-0.2, 0) is 9.53 Å². The number of ether oxygens (including phenoxy) is 1. The number of nitrogens with one attached hydrogen (secondary N) is 1. The fraction of sp³-hybridized carbons (Fsp3) is 0.900. The maximum Gasteiger partial charge on any atom is 0.239 e. The zero-order valence-corrected chi connectivity index (χ0v) is 8.66. The van der Waals surface area contributed by atoms with Crippen LogP contribution in [0.25, 0.3) is 0 Å². The molecule has 4 nitrogen and oxygen atoms in total. The minimum atomic E-state index is -0.00181. The number of hydrogen-bond acceptors (Lipinski definition) is 3. The highest BCUT2D eigenvalue weighted by Gasteiger charge is 2.32. The van der Waals surface area contributed by atoms with Crippen LogP contribution >= 0.6 is 0 Å². The molecule has 1 amide bonds. The zero-order chi connectivity index (χ0) is 9.97. The molecule has 2 unspecified atom stereocenters. The third-order valence-corrected chi connectivity index (χ3v) is 3.14. The Morgan fingerprint density at radius 1 is 1.43 bits per heavy atom. The highest BCUT2D eigenvalue weighted by molar-refractivity contribution is 5.82. The molecule has 0 aromatic heterocycles. The lowest BCUT2D eigenvalue weighted by atomic mass is 10.2. The highest BCUT2D eigenvalue weighted by atomic mass is 16.5. The standard InChI is InChI=1S/C10H18N2O2/c1-14-8-6-9(11-7-8)10(13)12-4-2-3-5-12/h8-9,11H,2-7H2,1H3. The SMILES string of the molecule is COC1CNC(C(=O)N2CCCC2)C1. The largest absolute Gasteiger partial charge is 0.380 e. The Hall–Kier alpha value is -0.610. The molecule has 2 fully saturated rings. The van der Waals surface area contributed by atoms with Crippen molar-refractivity contribution in [1.82, 2.24) is 10.2 Å². The van der Waals surface area contributed by atoms with E-state index in [4.69, 9.17) is 4.74 Å². The summed E-state index contributed by atoms with van der Waals surface area (Å²) in [6.45, 7) is 2.68. The van der Waals surface area contributed by atoms with Crippen LogP contribution < -0.4 is 5.32 Å². The maximum atomic E-state index is 11.9. The van der Waals surface area contributed by atoms with Crippen molar-refractivity contribution in [2.24, 2.45) is 0 Å². The van der Waals surface area contributed by atoms with Crippen molar-refractivity contribution in [3.8, 4) is 0 Å². The molecular weight excluding hydrogens is 180 g/mol. The van der Waals surface area contributed by atoms with Gasteiger partial charge in [-0.3, -0.25) is 4.79 Å². The Morgan fingerprint density at radius 2 is 2.14 bits per heavy atom. The second-order valence-electron chi connectivity index (χ2n) is 4.09. The normalized spacial score (nSPS) is 32.5. The van der Waals surface area contributed by atoms with Crippen molar-refractivity contribution in [1.29, 1.82) is 0 Å². The average Bonchev–Trinajstić information content (AvgIpc) is 2.88. The summed E-state index contributed by atoms with van der Waals surface area (Å²) in [5.41, 5.74) is 0. The minimum Gasteiger partial charge on any atom is -0.380 e. The van der Waals surface area contributed by atoms with E-state index in [1.54, 1.807) is 7.11 Å². The lowest BCUT2D eigenvalue weighted by Gasteiger charge is -2.19. The van der Waals surface area contributed by atoms with Gasteiger partial charge in [-0.05, 0) is 19.3 Å². The van der Waals surface area contributed by atoms with Crippen LogP contribution in [0.4, 0.5) is 0 Å².